The van der Waals surface area contributed by atoms with Crippen LogP contribution in [0.25, 0.3) is 88.9 Å². The summed E-state index contributed by atoms with van der Waals surface area (Å²) in [6.07, 6.45) is 8.15. The molecule has 0 radical (unpaired) electrons. The monoisotopic (exact) mass is 1020 g/mol. The first-order valence-electron chi connectivity index (χ1n) is 22.4. The van der Waals surface area contributed by atoms with Crippen LogP contribution < -0.4 is 0 Å². The van der Waals surface area contributed by atoms with E-state index in [0.29, 0.717) is 45.0 Å². The number of hydrogen-bond acceptors (Lipinski definition) is 6. The van der Waals surface area contributed by atoms with Gasteiger partial charge < -0.3 is 9.13 Å². The maximum atomic E-state index is 13.9. The Morgan fingerprint density at radius 3 is 1.03 bits per heavy atom. The Labute approximate surface area is 411 Å². The second-order valence-corrected chi connectivity index (χ2v) is 19.0. The highest BCUT2D eigenvalue weighted by Crippen LogP contribution is 2.41. The topological polar surface area (TPSA) is 95.6 Å². The smallest absolute Gasteiger partial charge is 0.197 e. The van der Waals surface area contributed by atoms with Crippen molar-refractivity contribution < 1.29 is 9.59 Å². The standard InChI is InChI=1S/C35H20N4O.C13H10.C11H4Br2N2O/c40-35-27-17-21(38-29-13-5-1-9-23(29)24-10-2-6-14-30(24)38)19-36-33(27)34-28(35)18-22(20-37-34)39-31-15-7-3-11-25(31)26-12-4-8-16-32(26)39;1-3-7-12-10(5-1)9-11-6-2-4-8-13(11)12;12-5-1-7-9(14-3-5)10-8(11(7)16)2-6(13)4-15-10/h1-20H;1-8H,9H2;1-4H. The largest absolute Gasteiger partial charge is 0.308 e. The van der Waals surface area contributed by atoms with E-state index in [1.807, 2.05) is 48.8 Å². The van der Waals surface area contributed by atoms with Crippen molar-refractivity contribution in [2.75, 3.05) is 0 Å². The lowest BCUT2D eigenvalue weighted by atomic mass is 10.1. The van der Waals surface area contributed by atoms with Gasteiger partial charge in [0.15, 0.2) is 11.6 Å². The predicted molar refractivity (Wildman–Crippen MR) is 281 cm³/mol. The van der Waals surface area contributed by atoms with Gasteiger partial charge in [0.25, 0.3) is 0 Å². The lowest BCUT2D eigenvalue weighted by Crippen LogP contribution is -2.01. The van der Waals surface area contributed by atoms with Crippen LogP contribution in [-0.2, 0) is 6.42 Å². The van der Waals surface area contributed by atoms with Crippen LogP contribution in [0, 0.1) is 0 Å². The highest BCUT2D eigenvalue weighted by molar-refractivity contribution is 9.10. The van der Waals surface area contributed by atoms with Gasteiger partial charge in [-0.1, -0.05) is 121 Å². The van der Waals surface area contributed by atoms with Crippen molar-refractivity contribution in [3.05, 3.63) is 237 Å². The van der Waals surface area contributed by atoms with Crippen LogP contribution >= 0.6 is 31.9 Å². The molecule has 0 amide bonds. The summed E-state index contributed by atoms with van der Waals surface area (Å²) < 4.78 is 5.97. The van der Waals surface area contributed by atoms with Gasteiger partial charge in [0.1, 0.15) is 22.8 Å². The summed E-state index contributed by atoms with van der Waals surface area (Å²) in [5.41, 5.74) is 16.8. The molecule has 0 N–H and O–H groups in total. The van der Waals surface area contributed by atoms with Gasteiger partial charge in [0.2, 0.25) is 0 Å². The summed E-state index contributed by atoms with van der Waals surface area (Å²) in [5, 5.41) is 4.69. The molecule has 0 fully saturated rings. The lowest BCUT2D eigenvalue weighted by molar-refractivity contribution is 0.103. The number of carbonyl (C=O) groups excluding carboxylic acids is 2. The van der Waals surface area contributed by atoms with Crippen molar-refractivity contribution >= 4 is 87.0 Å². The predicted octanol–water partition coefficient (Wildman–Crippen LogP) is 14.4. The molecule has 69 heavy (non-hydrogen) atoms. The molecular formula is C59H34Br2N6O2. The van der Waals surface area contributed by atoms with E-state index in [2.05, 4.69) is 172 Å². The number of aromatic nitrogens is 6. The molecule has 0 atom stereocenters. The summed E-state index contributed by atoms with van der Waals surface area (Å²) >= 11 is 6.61. The Hall–Kier alpha value is -8.18. The van der Waals surface area contributed by atoms with Gasteiger partial charge in [0.05, 0.1) is 68.1 Å². The number of nitrogens with zero attached hydrogens (tertiary/aromatic N) is 6. The van der Waals surface area contributed by atoms with E-state index in [9.17, 15) is 9.59 Å². The van der Waals surface area contributed by atoms with Gasteiger partial charge >= 0.3 is 0 Å². The average molecular weight is 1020 g/mol. The highest BCUT2D eigenvalue weighted by Gasteiger charge is 2.32. The summed E-state index contributed by atoms with van der Waals surface area (Å²) in [6, 6.07) is 58.2. The van der Waals surface area contributed by atoms with Crippen molar-refractivity contribution in [2.45, 2.75) is 6.42 Å². The third-order valence-corrected chi connectivity index (χ3v) is 14.1. The fourth-order valence-corrected chi connectivity index (χ4v) is 10.9. The minimum Gasteiger partial charge on any atom is -0.308 e. The minimum absolute atomic E-state index is 0.0207. The van der Waals surface area contributed by atoms with Gasteiger partial charge in [-0.15, -0.1) is 0 Å². The molecule has 6 aromatic heterocycles. The first-order valence-corrected chi connectivity index (χ1v) is 24.0. The van der Waals surface area contributed by atoms with Crippen LogP contribution in [0.1, 0.15) is 43.0 Å². The number of carbonyl (C=O) groups is 2. The SMILES string of the molecule is O=C1c2cc(-n3c4ccccc4c4ccccc43)cnc2-c2ncc(-n3c4ccccc4c4ccccc43)cc21.O=C1c2cc(Br)cnc2-c2ncc(Br)cc21.c1ccc2c(c1)Cc1ccccc1-2. The Balaban J connectivity index is 0.000000131. The second kappa shape index (κ2) is 16.3. The fourth-order valence-electron chi connectivity index (χ4n) is 10.2. The molecule has 0 unspecified atom stereocenters. The molecule has 0 saturated carbocycles. The number of halogens is 2. The zero-order valence-electron chi connectivity index (χ0n) is 36.4. The van der Waals surface area contributed by atoms with Crippen molar-refractivity contribution in [1.82, 2.24) is 29.1 Å². The molecular weight excluding hydrogens is 984 g/mol. The van der Waals surface area contributed by atoms with E-state index >= 15 is 0 Å². The maximum absolute atomic E-state index is 13.9. The van der Waals surface area contributed by atoms with Crippen molar-refractivity contribution in [2.24, 2.45) is 0 Å². The molecule has 326 valence electrons. The molecule has 6 heterocycles. The average Bonchev–Trinajstić information content (AvgIpc) is 4.17. The number of rotatable bonds is 2. The second-order valence-electron chi connectivity index (χ2n) is 17.2. The van der Waals surface area contributed by atoms with Gasteiger partial charge in [-0.3, -0.25) is 29.5 Å². The van der Waals surface area contributed by atoms with Gasteiger partial charge in [-0.25, -0.2) is 0 Å². The quantitative estimate of drug-likeness (QED) is 0.171. The molecule has 3 aliphatic rings. The highest BCUT2D eigenvalue weighted by atomic mass is 79.9. The molecule has 0 bridgehead atoms. The van der Waals surface area contributed by atoms with Crippen LogP contribution in [0.2, 0.25) is 0 Å². The van der Waals surface area contributed by atoms with Crippen LogP contribution in [0.3, 0.4) is 0 Å². The molecule has 10 heteroatoms. The number of pyridine rings is 4. The molecule has 12 aromatic rings. The van der Waals surface area contributed by atoms with Gasteiger partial charge in [0, 0.05) is 42.9 Å². The maximum Gasteiger partial charge on any atom is 0.197 e. The van der Waals surface area contributed by atoms with E-state index in [0.717, 1.165) is 48.8 Å². The van der Waals surface area contributed by atoms with E-state index in [4.69, 9.17) is 9.97 Å². The molecule has 0 saturated heterocycles. The number of fused-ring (bicyclic) bond motifs is 15. The molecule has 8 nitrogen and oxygen atoms in total. The summed E-state index contributed by atoms with van der Waals surface area (Å²) in [6.45, 7) is 0. The van der Waals surface area contributed by atoms with Gasteiger partial charge in [-0.05, 0) is 109 Å². The van der Waals surface area contributed by atoms with E-state index in [1.165, 1.54) is 43.8 Å². The van der Waals surface area contributed by atoms with E-state index < -0.39 is 0 Å². The zero-order chi connectivity index (χ0) is 46.3. The zero-order valence-corrected chi connectivity index (χ0v) is 39.6. The third-order valence-electron chi connectivity index (χ3n) is 13.3. The molecule has 3 aliphatic carbocycles. The lowest BCUT2D eigenvalue weighted by Gasteiger charge is -2.09. The molecule has 0 aliphatic heterocycles. The fraction of sp³-hybridized carbons (Fsp3) is 0.0169. The summed E-state index contributed by atoms with van der Waals surface area (Å²) in [4.78, 5) is 44.0. The molecule has 6 aromatic carbocycles. The normalized spacial score (nSPS) is 12.5. The van der Waals surface area contributed by atoms with Gasteiger partial charge in [-0.2, -0.15) is 0 Å². The number of para-hydroxylation sites is 4. The first-order chi connectivity index (χ1) is 33.9. The summed E-state index contributed by atoms with van der Waals surface area (Å²) in [5.74, 6) is -0.0668. The number of hydrogen-bond donors (Lipinski definition) is 0. The van der Waals surface area contributed by atoms with Crippen molar-refractivity contribution in [3.8, 4) is 45.3 Å². The molecule has 0 spiro atoms. The Bertz CT molecular complexity index is 3790. The van der Waals surface area contributed by atoms with Crippen molar-refractivity contribution in [3.63, 3.8) is 0 Å². The van der Waals surface area contributed by atoms with Crippen LogP contribution in [0.5, 0.6) is 0 Å². The number of benzene rings is 6. The summed E-state index contributed by atoms with van der Waals surface area (Å²) in [7, 11) is 0. The Kier molecular flexibility index (Phi) is 9.67. The third kappa shape index (κ3) is 6.62. The van der Waals surface area contributed by atoms with E-state index in [-0.39, 0.29) is 11.6 Å². The number of ketones is 2. The van der Waals surface area contributed by atoms with E-state index in [1.54, 1.807) is 24.5 Å². The first kappa shape index (κ1) is 41.0. The Morgan fingerprint density at radius 1 is 0.348 bits per heavy atom. The van der Waals surface area contributed by atoms with Crippen LogP contribution in [-0.4, -0.2) is 40.6 Å². The molecule has 15 rings (SSSR count). The van der Waals surface area contributed by atoms with Crippen LogP contribution in [0.15, 0.2) is 204 Å². The van der Waals surface area contributed by atoms with Crippen molar-refractivity contribution in [1.29, 1.82) is 0 Å². The Morgan fingerprint density at radius 2 is 0.652 bits per heavy atom. The minimum atomic E-state index is -0.0461. The van der Waals surface area contributed by atoms with Crippen LogP contribution in [0.4, 0.5) is 0 Å².